The zero-order valence-electron chi connectivity index (χ0n) is 8.89. The maximum atomic E-state index is 5.97. The van der Waals surface area contributed by atoms with Crippen molar-refractivity contribution < 1.29 is 0 Å². The minimum absolute atomic E-state index is 0.149. The van der Waals surface area contributed by atoms with Crippen molar-refractivity contribution in [2.75, 3.05) is 5.32 Å². The second-order valence-corrected chi connectivity index (χ2v) is 3.85. The maximum absolute atomic E-state index is 5.97. The largest absolute Gasteiger partial charge is 0.376 e. The van der Waals surface area contributed by atoms with Gasteiger partial charge >= 0.3 is 0 Å². The SMILES string of the molecule is CC(Nc1cccnc1Cl)c1cccnc1. The van der Waals surface area contributed by atoms with E-state index in [1.165, 1.54) is 0 Å². The molecule has 3 nitrogen and oxygen atoms in total. The van der Waals surface area contributed by atoms with Gasteiger partial charge in [-0.3, -0.25) is 4.98 Å². The molecule has 0 fully saturated rings. The predicted octanol–water partition coefficient (Wildman–Crippen LogP) is 3.30. The van der Waals surface area contributed by atoms with E-state index in [4.69, 9.17) is 11.6 Å². The van der Waals surface area contributed by atoms with Gasteiger partial charge in [-0.25, -0.2) is 4.98 Å². The molecule has 0 aliphatic rings. The summed E-state index contributed by atoms with van der Waals surface area (Å²) in [5.74, 6) is 0. The summed E-state index contributed by atoms with van der Waals surface area (Å²) in [4.78, 5) is 8.09. The van der Waals surface area contributed by atoms with Crippen molar-refractivity contribution in [1.82, 2.24) is 9.97 Å². The highest BCUT2D eigenvalue weighted by Crippen LogP contribution is 2.23. The van der Waals surface area contributed by atoms with Crippen molar-refractivity contribution in [3.63, 3.8) is 0 Å². The minimum Gasteiger partial charge on any atom is -0.376 e. The van der Waals surface area contributed by atoms with Gasteiger partial charge in [0.15, 0.2) is 5.15 Å². The summed E-state index contributed by atoms with van der Waals surface area (Å²) < 4.78 is 0. The number of nitrogens with one attached hydrogen (secondary N) is 1. The Hall–Kier alpha value is -1.61. The molecule has 0 aliphatic carbocycles. The standard InChI is InChI=1S/C12H12ClN3/c1-9(10-4-2-6-14-8-10)16-11-5-3-7-15-12(11)13/h2-9,16H,1H3. The molecule has 0 saturated heterocycles. The lowest BCUT2D eigenvalue weighted by atomic mass is 10.1. The number of hydrogen-bond acceptors (Lipinski definition) is 3. The summed E-state index contributed by atoms with van der Waals surface area (Å²) in [5.41, 5.74) is 1.95. The fraction of sp³-hybridized carbons (Fsp3) is 0.167. The van der Waals surface area contributed by atoms with Gasteiger partial charge in [0.1, 0.15) is 0 Å². The van der Waals surface area contributed by atoms with Gasteiger partial charge in [0, 0.05) is 18.6 Å². The van der Waals surface area contributed by atoms with Gasteiger partial charge in [-0.15, -0.1) is 0 Å². The van der Waals surface area contributed by atoms with E-state index >= 15 is 0 Å². The van der Waals surface area contributed by atoms with Gasteiger partial charge in [-0.1, -0.05) is 17.7 Å². The molecule has 0 bridgehead atoms. The van der Waals surface area contributed by atoms with Gasteiger partial charge in [0.2, 0.25) is 0 Å². The molecule has 0 aromatic carbocycles. The second kappa shape index (κ2) is 4.94. The molecule has 0 amide bonds. The molecule has 0 radical (unpaired) electrons. The Morgan fingerprint density at radius 2 is 2.06 bits per heavy atom. The highest BCUT2D eigenvalue weighted by atomic mass is 35.5. The van der Waals surface area contributed by atoms with Gasteiger partial charge < -0.3 is 5.32 Å². The maximum Gasteiger partial charge on any atom is 0.152 e. The van der Waals surface area contributed by atoms with E-state index in [2.05, 4.69) is 22.2 Å². The Bertz CT molecular complexity index is 459. The van der Waals surface area contributed by atoms with Gasteiger partial charge in [-0.2, -0.15) is 0 Å². The number of nitrogens with zero attached hydrogens (tertiary/aromatic N) is 2. The number of aromatic nitrogens is 2. The number of halogens is 1. The quantitative estimate of drug-likeness (QED) is 0.827. The van der Waals surface area contributed by atoms with E-state index < -0.39 is 0 Å². The first-order valence-corrected chi connectivity index (χ1v) is 5.42. The molecule has 1 atom stereocenters. The summed E-state index contributed by atoms with van der Waals surface area (Å²) >= 11 is 5.97. The van der Waals surface area contributed by atoms with Crippen LogP contribution in [0, 0.1) is 0 Å². The Labute approximate surface area is 99.5 Å². The van der Waals surface area contributed by atoms with Crippen molar-refractivity contribution in [3.8, 4) is 0 Å². The summed E-state index contributed by atoms with van der Waals surface area (Å²) in [5, 5.41) is 3.78. The third-order valence-electron chi connectivity index (χ3n) is 2.32. The van der Waals surface area contributed by atoms with Crippen molar-refractivity contribution in [2.45, 2.75) is 13.0 Å². The Balaban J connectivity index is 2.14. The molecule has 82 valence electrons. The number of hydrogen-bond donors (Lipinski definition) is 1. The predicted molar refractivity (Wildman–Crippen MR) is 65.5 cm³/mol. The van der Waals surface area contributed by atoms with E-state index in [0.29, 0.717) is 5.15 Å². The van der Waals surface area contributed by atoms with Crippen molar-refractivity contribution in [1.29, 1.82) is 0 Å². The van der Waals surface area contributed by atoms with Crippen LogP contribution in [0.2, 0.25) is 5.15 Å². The zero-order valence-corrected chi connectivity index (χ0v) is 9.65. The monoisotopic (exact) mass is 233 g/mol. The molecule has 2 aromatic heterocycles. The zero-order chi connectivity index (χ0) is 11.4. The number of rotatable bonds is 3. The molecule has 0 aliphatic heterocycles. The van der Waals surface area contributed by atoms with E-state index in [9.17, 15) is 0 Å². The molecule has 2 aromatic rings. The highest BCUT2D eigenvalue weighted by Gasteiger charge is 2.07. The molecule has 0 saturated carbocycles. The topological polar surface area (TPSA) is 37.8 Å². The Morgan fingerprint density at radius 1 is 1.25 bits per heavy atom. The van der Waals surface area contributed by atoms with Crippen molar-refractivity contribution >= 4 is 17.3 Å². The first-order valence-electron chi connectivity index (χ1n) is 5.04. The van der Waals surface area contributed by atoms with E-state index in [1.54, 1.807) is 12.4 Å². The third kappa shape index (κ3) is 2.49. The van der Waals surface area contributed by atoms with E-state index in [1.807, 2.05) is 30.5 Å². The molecule has 16 heavy (non-hydrogen) atoms. The Morgan fingerprint density at radius 3 is 2.75 bits per heavy atom. The fourth-order valence-corrected chi connectivity index (χ4v) is 1.62. The van der Waals surface area contributed by atoms with Gasteiger partial charge in [-0.05, 0) is 30.7 Å². The van der Waals surface area contributed by atoms with Crippen molar-refractivity contribution in [2.24, 2.45) is 0 Å². The first kappa shape index (κ1) is 10.9. The lowest BCUT2D eigenvalue weighted by Gasteiger charge is -2.15. The summed E-state index contributed by atoms with van der Waals surface area (Å²) in [6, 6.07) is 7.84. The summed E-state index contributed by atoms with van der Waals surface area (Å²) in [7, 11) is 0. The molecular weight excluding hydrogens is 222 g/mol. The highest BCUT2D eigenvalue weighted by molar-refractivity contribution is 6.31. The fourth-order valence-electron chi connectivity index (χ4n) is 1.44. The van der Waals surface area contributed by atoms with Gasteiger partial charge in [0.05, 0.1) is 11.7 Å². The number of pyridine rings is 2. The van der Waals surface area contributed by atoms with Crippen LogP contribution in [-0.2, 0) is 0 Å². The molecule has 2 rings (SSSR count). The average molecular weight is 234 g/mol. The van der Waals surface area contributed by atoms with Crippen LogP contribution < -0.4 is 5.32 Å². The smallest absolute Gasteiger partial charge is 0.152 e. The minimum atomic E-state index is 0.149. The number of anilines is 1. The van der Waals surface area contributed by atoms with E-state index in [-0.39, 0.29) is 6.04 Å². The lowest BCUT2D eigenvalue weighted by molar-refractivity contribution is 0.874. The van der Waals surface area contributed by atoms with Crippen LogP contribution in [0.15, 0.2) is 42.9 Å². The summed E-state index contributed by atoms with van der Waals surface area (Å²) in [6.07, 6.45) is 5.26. The molecule has 1 N–H and O–H groups in total. The van der Waals surface area contributed by atoms with Crippen molar-refractivity contribution in [3.05, 3.63) is 53.6 Å². The lowest BCUT2D eigenvalue weighted by Crippen LogP contribution is -2.07. The van der Waals surface area contributed by atoms with Crippen LogP contribution in [0.5, 0.6) is 0 Å². The molecule has 4 heteroatoms. The first-order chi connectivity index (χ1) is 7.77. The average Bonchev–Trinajstić information content (AvgIpc) is 2.33. The van der Waals surface area contributed by atoms with Gasteiger partial charge in [0.25, 0.3) is 0 Å². The van der Waals surface area contributed by atoms with Crippen LogP contribution in [-0.4, -0.2) is 9.97 Å². The van der Waals surface area contributed by atoms with E-state index in [0.717, 1.165) is 11.3 Å². The second-order valence-electron chi connectivity index (χ2n) is 3.49. The van der Waals surface area contributed by atoms with Crippen LogP contribution in [0.25, 0.3) is 0 Å². The van der Waals surface area contributed by atoms with Crippen LogP contribution in [0.3, 0.4) is 0 Å². The van der Waals surface area contributed by atoms with Crippen LogP contribution in [0.4, 0.5) is 5.69 Å². The van der Waals surface area contributed by atoms with Crippen LogP contribution in [0.1, 0.15) is 18.5 Å². The Kier molecular flexibility index (Phi) is 3.37. The van der Waals surface area contributed by atoms with Crippen LogP contribution >= 0.6 is 11.6 Å². The third-order valence-corrected chi connectivity index (χ3v) is 2.62. The molecule has 0 spiro atoms. The molecule has 1 unspecified atom stereocenters. The normalized spacial score (nSPS) is 12.1. The molecular formula is C12H12ClN3. The summed E-state index contributed by atoms with van der Waals surface area (Å²) in [6.45, 7) is 2.06. The molecule has 2 heterocycles.